The maximum atomic E-state index is 12.6. The summed E-state index contributed by atoms with van der Waals surface area (Å²) < 4.78 is 12.0. The van der Waals surface area contributed by atoms with Crippen LogP contribution in [-0.4, -0.2) is 25.5 Å². The number of rotatable bonds is 6. The third-order valence-electron chi connectivity index (χ3n) is 4.31. The van der Waals surface area contributed by atoms with E-state index in [-0.39, 0.29) is 12.2 Å². The van der Waals surface area contributed by atoms with Crippen molar-refractivity contribution in [3.8, 4) is 0 Å². The number of ether oxygens (including phenoxy) is 1. The maximum absolute atomic E-state index is 12.6. The van der Waals surface area contributed by atoms with E-state index in [4.69, 9.17) is 9.26 Å². The molecule has 0 unspecified atom stereocenters. The van der Waals surface area contributed by atoms with Gasteiger partial charge in [-0.3, -0.25) is 9.20 Å². The zero-order valence-corrected chi connectivity index (χ0v) is 17.2. The Kier molecular flexibility index (Phi) is 5.62. The number of esters is 1. The van der Waals surface area contributed by atoms with Gasteiger partial charge in [0.1, 0.15) is 23.0 Å². The Hall–Kier alpha value is -3.46. The van der Waals surface area contributed by atoms with Crippen molar-refractivity contribution in [3.05, 3.63) is 87.4 Å². The second kappa shape index (κ2) is 8.50. The molecule has 8 nitrogen and oxygen atoms in total. The smallest absolute Gasteiger partial charge is 0.341 e. The van der Waals surface area contributed by atoms with E-state index in [0.29, 0.717) is 27.7 Å². The maximum Gasteiger partial charge on any atom is 0.341 e. The summed E-state index contributed by atoms with van der Waals surface area (Å²) in [5, 5.41) is 4.47. The Bertz CT molecular complexity index is 1280. The highest BCUT2D eigenvalue weighted by Crippen LogP contribution is 2.24. The molecule has 9 heteroatoms. The van der Waals surface area contributed by atoms with Crippen molar-refractivity contribution >= 4 is 23.4 Å². The van der Waals surface area contributed by atoms with Crippen molar-refractivity contribution in [1.82, 2.24) is 19.5 Å². The number of hydrogen-bond acceptors (Lipinski definition) is 8. The van der Waals surface area contributed by atoms with Gasteiger partial charge in [-0.15, -0.1) is 0 Å². The van der Waals surface area contributed by atoms with Crippen LogP contribution in [-0.2, 0) is 17.1 Å². The number of pyridine rings is 2. The lowest BCUT2D eigenvalue weighted by atomic mass is 10.3. The van der Waals surface area contributed by atoms with Gasteiger partial charge in [0.15, 0.2) is 0 Å². The predicted molar refractivity (Wildman–Crippen MR) is 110 cm³/mol. The molecular weight excluding hydrogens is 404 g/mol. The normalized spacial score (nSPS) is 11.0. The monoisotopic (exact) mass is 422 g/mol. The van der Waals surface area contributed by atoms with Crippen LogP contribution in [0, 0.1) is 13.8 Å². The second-order valence-corrected chi connectivity index (χ2v) is 7.56. The number of fused-ring (bicyclic) bond motifs is 1. The molecule has 0 aliphatic carbocycles. The van der Waals surface area contributed by atoms with Gasteiger partial charge in [0, 0.05) is 29.8 Å². The van der Waals surface area contributed by atoms with E-state index < -0.39 is 5.97 Å². The van der Waals surface area contributed by atoms with Crippen LogP contribution in [0.3, 0.4) is 0 Å². The molecule has 0 N–H and O–H groups in total. The molecule has 0 saturated heterocycles. The van der Waals surface area contributed by atoms with Gasteiger partial charge < -0.3 is 9.26 Å². The highest BCUT2D eigenvalue weighted by atomic mass is 32.2. The van der Waals surface area contributed by atoms with Crippen molar-refractivity contribution in [2.45, 2.75) is 31.2 Å². The molecule has 4 aromatic rings. The molecule has 0 saturated carbocycles. The second-order valence-electron chi connectivity index (χ2n) is 6.60. The minimum Gasteiger partial charge on any atom is -0.456 e. The number of carbonyl (C=O) groups excluding carboxylic acids is 1. The first kappa shape index (κ1) is 19.8. The summed E-state index contributed by atoms with van der Waals surface area (Å²) >= 11 is 1.37. The average Bonchev–Trinajstić information content (AvgIpc) is 3.15. The van der Waals surface area contributed by atoms with Crippen LogP contribution in [0.2, 0.25) is 0 Å². The fraction of sp³-hybridized carbons (Fsp3) is 0.190. The SMILES string of the molecule is Cc1cc(CSc2ncccc2C(=O)OCc2cc(=O)n3c(C)cccc3n2)no1. The topological polar surface area (TPSA) is 99.6 Å². The lowest BCUT2D eigenvalue weighted by Gasteiger charge is -2.09. The lowest BCUT2D eigenvalue weighted by Crippen LogP contribution is -2.18. The van der Waals surface area contributed by atoms with E-state index in [1.807, 2.05) is 32.0 Å². The molecule has 0 atom stereocenters. The molecule has 30 heavy (non-hydrogen) atoms. The Morgan fingerprint density at radius 1 is 1.17 bits per heavy atom. The van der Waals surface area contributed by atoms with Gasteiger partial charge in [0.2, 0.25) is 0 Å². The highest BCUT2D eigenvalue weighted by Gasteiger charge is 2.16. The van der Waals surface area contributed by atoms with Crippen molar-refractivity contribution in [2.75, 3.05) is 0 Å². The summed E-state index contributed by atoms with van der Waals surface area (Å²) in [7, 11) is 0. The minimum absolute atomic E-state index is 0.111. The summed E-state index contributed by atoms with van der Waals surface area (Å²) in [6.07, 6.45) is 1.61. The molecule has 0 bridgehead atoms. The van der Waals surface area contributed by atoms with Crippen LogP contribution in [0.5, 0.6) is 0 Å². The summed E-state index contributed by atoms with van der Waals surface area (Å²) in [5.41, 5.74) is 2.57. The summed E-state index contributed by atoms with van der Waals surface area (Å²) in [4.78, 5) is 33.7. The van der Waals surface area contributed by atoms with E-state index >= 15 is 0 Å². The first-order valence-corrected chi connectivity index (χ1v) is 10.2. The number of thioether (sulfide) groups is 1. The predicted octanol–water partition coefficient (Wildman–Crippen LogP) is 3.34. The molecule has 0 radical (unpaired) electrons. The number of hydrogen-bond donors (Lipinski definition) is 0. The molecular formula is C21H18N4O4S. The van der Waals surface area contributed by atoms with Crippen LogP contribution < -0.4 is 5.56 Å². The van der Waals surface area contributed by atoms with Crippen LogP contribution in [0.15, 0.2) is 63.0 Å². The standard InChI is InChI=1S/C21H18N4O4S/c1-13-5-3-7-18-23-15(10-19(26)25(13)18)11-28-21(27)17-6-4-8-22-20(17)30-12-16-9-14(2)29-24-16/h3-10H,11-12H2,1-2H3. The van der Waals surface area contributed by atoms with Crippen LogP contribution in [0.4, 0.5) is 0 Å². The molecule has 4 rings (SSSR count). The Balaban J connectivity index is 1.48. The van der Waals surface area contributed by atoms with Gasteiger partial charge in [-0.2, -0.15) is 0 Å². The molecule has 0 amide bonds. The zero-order valence-electron chi connectivity index (χ0n) is 16.4. The van der Waals surface area contributed by atoms with Gasteiger partial charge in [-0.25, -0.2) is 14.8 Å². The largest absolute Gasteiger partial charge is 0.456 e. The highest BCUT2D eigenvalue weighted by molar-refractivity contribution is 7.98. The number of aryl methyl sites for hydroxylation is 2. The molecule has 0 aliphatic rings. The van der Waals surface area contributed by atoms with Crippen molar-refractivity contribution in [2.24, 2.45) is 0 Å². The van der Waals surface area contributed by atoms with Gasteiger partial charge in [0.05, 0.1) is 17.0 Å². The summed E-state index contributed by atoms with van der Waals surface area (Å²) in [6.45, 7) is 3.54. The first-order valence-electron chi connectivity index (χ1n) is 9.17. The fourth-order valence-electron chi connectivity index (χ4n) is 2.94. The van der Waals surface area contributed by atoms with Crippen molar-refractivity contribution in [3.63, 3.8) is 0 Å². The van der Waals surface area contributed by atoms with Crippen molar-refractivity contribution in [1.29, 1.82) is 0 Å². The average molecular weight is 422 g/mol. The quantitative estimate of drug-likeness (QED) is 0.345. The van der Waals surface area contributed by atoms with Crippen molar-refractivity contribution < 1.29 is 14.1 Å². The molecule has 0 aliphatic heterocycles. The van der Waals surface area contributed by atoms with E-state index in [2.05, 4.69) is 15.1 Å². The summed E-state index contributed by atoms with van der Waals surface area (Å²) in [5.74, 6) is 0.699. The number of aromatic nitrogens is 4. The van der Waals surface area contributed by atoms with Gasteiger partial charge in [-0.05, 0) is 38.1 Å². The third-order valence-corrected chi connectivity index (χ3v) is 5.35. The Morgan fingerprint density at radius 2 is 2.03 bits per heavy atom. The zero-order chi connectivity index (χ0) is 21.1. The molecule has 4 heterocycles. The van der Waals surface area contributed by atoms with E-state index in [1.165, 1.54) is 22.2 Å². The summed E-state index contributed by atoms with van der Waals surface area (Å²) in [6, 6.07) is 11.9. The molecule has 0 fully saturated rings. The Morgan fingerprint density at radius 3 is 2.83 bits per heavy atom. The molecule has 4 aromatic heterocycles. The van der Waals surface area contributed by atoms with Crippen LogP contribution >= 0.6 is 11.8 Å². The fourth-order valence-corrected chi connectivity index (χ4v) is 3.81. The van der Waals surface area contributed by atoms with Crippen LogP contribution in [0.25, 0.3) is 5.65 Å². The van der Waals surface area contributed by atoms with Gasteiger partial charge in [0.25, 0.3) is 5.56 Å². The minimum atomic E-state index is -0.534. The molecule has 152 valence electrons. The molecule has 0 spiro atoms. The van der Waals surface area contributed by atoms with E-state index in [9.17, 15) is 9.59 Å². The first-order chi connectivity index (χ1) is 14.5. The van der Waals surface area contributed by atoms with E-state index in [0.717, 1.165) is 17.1 Å². The van der Waals surface area contributed by atoms with E-state index in [1.54, 1.807) is 24.4 Å². The van der Waals surface area contributed by atoms with Crippen LogP contribution in [0.1, 0.15) is 33.2 Å². The van der Waals surface area contributed by atoms with Gasteiger partial charge in [-0.1, -0.05) is 23.0 Å². The van der Waals surface area contributed by atoms with Gasteiger partial charge >= 0.3 is 5.97 Å². The Labute approximate surface area is 175 Å². The number of nitrogens with zero attached hydrogens (tertiary/aromatic N) is 4. The third kappa shape index (κ3) is 4.25. The molecule has 0 aromatic carbocycles. The number of carbonyl (C=O) groups is 1. The lowest BCUT2D eigenvalue weighted by molar-refractivity contribution is 0.0462.